The summed E-state index contributed by atoms with van der Waals surface area (Å²) in [5.41, 5.74) is 1.14. The van der Waals surface area contributed by atoms with Gasteiger partial charge >= 0.3 is 0 Å². The van der Waals surface area contributed by atoms with Crippen molar-refractivity contribution in [3.63, 3.8) is 0 Å². The highest BCUT2D eigenvalue weighted by Gasteiger charge is 2.21. The van der Waals surface area contributed by atoms with E-state index in [9.17, 15) is 0 Å². The molecule has 0 spiro atoms. The highest BCUT2D eigenvalue weighted by molar-refractivity contribution is 14.0. The van der Waals surface area contributed by atoms with Gasteiger partial charge in [0, 0.05) is 48.8 Å². The molecule has 0 aromatic heterocycles. The second kappa shape index (κ2) is 12.3. The summed E-state index contributed by atoms with van der Waals surface area (Å²) >= 11 is 12.1. The number of hydrogen-bond donors (Lipinski definition) is 2. The van der Waals surface area contributed by atoms with Crippen LogP contribution in [0.25, 0.3) is 0 Å². The van der Waals surface area contributed by atoms with Crippen molar-refractivity contribution in [2.24, 2.45) is 4.99 Å². The molecule has 1 aliphatic heterocycles. The lowest BCUT2D eigenvalue weighted by Gasteiger charge is -2.35. The fourth-order valence-corrected chi connectivity index (χ4v) is 3.66. The van der Waals surface area contributed by atoms with E-state index < -0.39 is 0 Å². The highest BCUT2D eigenvalue weighted by Crippen LogP contribution is 2.21. The Morgan fingerprint density at radius 1 is 1.27 bits per heavy atom. The second-order valence-electron chi connectivity index (χ2n) is 6.89. The number of nitrogens with one attached hydrogen (secondary N) is 2. The molecule has 0 aliphatic carbocycles. The van der Waals surface area contributed by atoms with Crippen molar-refractivity contribution in [3.05, 3.63) is 33.8 Å². The summed E-state index contributed by atoms with van der Waals surface area (Å²) in [6.07, 6.45) is 4.25. The quantitative estimate of drug-likeness (QED) is 0.253. The second-order valence-corrected chi connectivity index (χ2v) is 7.73. The van der Waals surface area contributed by atoms with Gasteiger partial charge in [-0.25, -0.2) is 0 Å². The van der Waals surface area contributed by atoms with E-state index in [1.54, 1.807) is 6.07 Å². The van der Waals surface area contributed by atoms with Crippen LogP contribution in [0.1, 0.15) is 38.7 Å². The lowest BCUT2D eigenvalue weighted by molar-refractivity contribution is 0.167. The third-order valence-corrected chi connectivity index (χ3v) is 5.34. The van der Waals surface area contributed by atoms with Crippen molar-refractivity contribution < 1.29 is 0 Å². The van der Waals surface area contributed by atoms with Crippen LogP contribution in [0.15, 0.2) is 23.2 Å². The van der Waals surface area contributed by atoms with Crippen LogP contribution in [0.2, 0.25) is 10.0 Å². The summed E-state index contributed by atoms with van der Waals surface area (Å²) in [5.74, 6) is 0.894. The van der Waals surface area contributed by atoms with Gasteiger partial charge in [0.25, 0.3) is 0 Å². The number of guanidine groups is 1. The Hall–Kier alpha value is -0.240. The van der Waals surface area contributed by atoms with Crippen LogP contribution in [0.3, 0.4) is 0 Å². The zero-order valence-electron chi connectivity index (χ0n) is 15.9. The molecule has 0 saturated carbocycles. The summed E-state index contributed by atoms with van der Waals surface area (Å²) in [7, 11) is 1.83. The summed E-state index contributed by atoms with van der Waals surface area (Å²) in [4.78, 5) is 6.88. The standard InChI is InChI=1S/C19H30Cl2N4.HI/c1-14(2)25-11-8-17(9-12-25)24-19(22-3)23-10-4-5-15-6-7-16(20)13-18(15)21;/h6-7,13-14,17H,4-5,8-12H2,1-3H3,(H2,22,23,24);1H. The molecule has 1 fully saturated rings. The first-order valence-electron chi connectivity index (χ1n) is 9.14. The maximum atomic E-state index is 6.22. The fourth-order valence-electron chi connectivity index (χ4n) is 3.16. The van der Waals surface area contributed by atoms with Gasteiger partial charge in [-0.1, -0.05) is 29.3 Å². The number of nitrogens with zero attached hydrogens (tertiary/aromatic N) is 2. The Kier molecular flexibility index (Phi) is 11.2. The van der Waals surface area contributed by atoms with Crippen molar-refractivity contribution in [1.29, 1.82) is 0 Å². The molecule has 0 bridgehead atoms. The molecule has 7 heteroatoms. The molecule has 0 atom stereocenters. The Bertz CT molecular complexity index is 573. The van der Waals surface area contributed by atoms with E-state index in [-0.39, 0.29) is 24.0 Å². The molecular formula is C19H31Cl2IN4. The van der Waals surface area contributed by atoms with E-state index in [4.69, 9.17) is 23.2 Å². The molecule has 2 rings (SSSR count). The number of aliphatic imine (C=N–C) groups is 1. The van der Waals surface area contributed by atoms with Crippen molar-refractivity contribution in [3.8, 4) is 0 Å². The van der Waals surface area contributed by atoms with Gasteiger partial charge in [0.1, 0.15) is 0 Å². The highest BCUT2D eigenvalue weighted by atomic mass is 127. The summed E-state index contributed by atoms with van der Waals surface area (Å²) < 4.78 is 0. The third-order valence-electron chi connectivity index (χ3n) is 4.75. The minimum Gasteiger partial charge on any atom is -0.356 e. The van der Waals surface area contributed by atoms with Gasteiger partial charge < -0.3 is 15.5 Å². The van der Waals surface area contributed by atoms with Crippen LogP contribution >= 0.6 is 47.2 Å². The summed E-state index contributed by atoms with van der Waals surface area (Å²) in [6.45, 7) is 7.70. The predicted octanol–water partition coefficient (Wildman–Crippen LogP) is 4.58. The maximum absolute atomic E-state index is 6.22. The largest absolute Gasteiger partial charge is 0.356 e. The molecule has 0 amide bonds. The zero-order valence-corrected chi connectivity index (χ0v) is 19.7. The first kappa shape index (κ1) is 23.8. The Balaban J connectivity index is 0.00000338. The monoisotopic (exact) mass is 512 g/mol. The molecule has 1 aliphatic rings. The molecule has 1 heterocycles. The smallest absolute Gasteiger partial charge is 0.191 e. The van der Waals surface area contributed by atoms with E-state index in [0.717, 1.165) is 49.0 Å². The van der Waals surface area contributed by atoms with E-state index in [2.05, 4.69) is 34.4 Å². The van der Waals surface area contributed by atoms with E-state index in [1.807, 2.05) is 19.2 Å². The topological polar surface area (TPSA) is 39.7 Å². The van der Waals surface area contributed by atoms with E-state index in [0.29, 0.717) is 17.1 Å². The number of piperidine rings is 1. The first-order valence-corrected chi connectivity index (χ1v) is 9.90. The lowest BCUT2D eigenvalue weighted by atomic mass is 10.0. The molecule has 4 nitrogen and oxygen atoms in total. The van der Waals surface area contributed by atoms with Gasteiger partial charge in [-0.2, -0.15) is 0 Å². The number of rotatable bonds is 6. The molecule has 2 N–H and O–H groups in total. The molecule has 0 radical (unpaired) electrons. The fraction of sp³-hybridized carbons (Fsp3) is 0.632. The van der Waals surface area contributed by atoms with Crippen LogP contribution in [0.5, 0.6) is 0 Å². The van der Waals surface area contributed by atoms with Crippen molar-refractivity contribution >= 4 is 53.1 Å². The molecule has 1 aromatic rings. The minimum atomic E-state index is 0. The SMILES string of the molecule is CN=C(NCCCc1ccc(Cl)cc1Cl)NC1CCN(C(C)C)CC1.I. The van der Waals surface area contributed by atoms with E-state index in [1.165, 1.54) is 12.8 Å². The van der Waals surface area contributed by atoms with Crippen LogP contribution in [-0.4, -0.2) is 49.6 Å². The van der Waals surface area contributed by atoms with E-state index >= 15 is 0 Å². The molecule has 148 valence electrons. The first-order chi connectivity index (χ1) is 12.0. The minimum absolute atomic E-state index is 0. The molecule has 1 aromatic carbocycles. The number of hydrogen-bond acceptors (Lipinski definition) is 2. The van der Waals surface area contributed by atoms with Gasteiger partial charge in [-0.05, 0) is 57.2 Å². The average Bonchev–Trinajstić information content (AvgIpc) is 2.59. The van der Waals surface area contributed by atoms with Crippen molar-refractivity contribution in [2.45, 2.75) is 51.6 Å². The van der Waals surface area contributed by atoms with Gasteiger partial charge in [0.05, 0.1) is 0 Å². The third kappa shape index (κ3) is 7.79. The Morgan fingerprint density at radius 3 is 2.54 bits per heavy atom. The normalized spacial score (nSPS) is 16.5. The molecule has 1 saturated heterocycles. The number of halogens is 3. The number of likely N-dealkylation sites (tertiary alicyclic amines) is 1. The Morgan fingerprint density at radius 2 is 1.96 bits per heavy atom. The van der Waals surface area contributed by atoms with Crippen molar-refractivity contribution in [2.75, 3.05) is 26.7 Å². The predicted molar refractivity (Wildman–Crippen MR) is 124 cm³/mol. The van der Waals surface area contributed by atoms with Gasteiger partial charge in [0.15, 0.2) is 5.96 Å². The molecular weight excluding hydrogens is 482 g/mol. The lowest BCUT2D eigenvalue weighted by Crippen LogP contribution is -2.50. The van der Waals surface area contributed by atoms with Crippen LogP contribution in [0.4, 0.5) is 0 Å². The number of aryl methyl sites for hydroxylation is 1. The average molecular weight is 513 g/mol. The van der Waals surface area contributed by atoms with Gasteiger partial charge in [0.2, 0.25) is 0 Å². The molecule has 26 heavy (non-hydrogen) atoms. The summed E-state index contributed by atoms with van der Waals surface area (Å²) in [6, 6.07) is 6.83. The number of benzene rings is 1. The molecule has 0 unspecified atom stereocenters. The van der Waals surface area contributed by atoms with Crippen LogP contribution < -0.4 is 10.6 Å². The van der Waals surface area contributed by atoms with Crippen LogP contribution in [0, 0.1) is 0 Å². The zero-order chi connectivity index (χ0) is 18.2. The van der Waals surface area contributed by atoms with Crippen LogP contribution in [-0.2, 0) is 6.42 Å². The maximum Gasteiger partial charge on any atom is 0.191 e. The van der Waals surface area contributed by atoms with Gasteiger partial charge in [-0.3, -0.25) is 4.99 Å². The Labute approximate surface area is 185 Å². The summed E-state index contributed by atoms with van der Waals surface area (Å²) in [5, 5.41) is 8.38. The van der Waals surface area contributed by atoms with Crippen molar-refractivity contribution in [1.82, 2.24) is 15.5 Å². The van der Waals surface area contributed by atoms with Gasteiger partial charge in [-0.15, -0.1) is 24.0 Å².